The molecule has 6 nitrogen and oxygen atoms in total. The molecule has 8 heteroatoms. The van der Waals surface area contributed by atoms with Crippen molar-refractivity contribution in [1.29, 1.82) is 0 Å². The highest BCUT2D eigenvalue weighted by molar-refractivity contribution is 7.89. The average Bonchev–Trinajstić information content (AvgIpc) is 2.79. The molecule has 1 aliphatic rings. The number of hydrogen-bond donors (Lipinski definition) is 2. The Kier molecular flexibility index (Phi) is 7.79. The first-order valence-corrected chi connectivity index (χ1v) is 12.3. The summed E-state index contributed by atoms with van der Waals surface area (Å²) in [5.74, 6) is -0.763. The fraction of sp³-hybridized carbons (Fsp3) is 0.417. The summed E-state index contributed by atoms with van der Waals surface area (Å²) in [5, 5.41) is 2.94. The number of hydrogen-bond acceptors (Lipinski definition) is 4. The predicted molar refractivity (Wildman–Crippen MR) is 120 cm³/mol. The maximum atomic E-state index is 13.4. The second kappa shape index (κ2) is 10.4. The summed E-state index contributed by atoms with van der Waals surface area (Å²) in [6.07, 6.45) is 5.06. The molecule has 2 aromatic rings. The number of carbonyl (C=O) groups is 2. The van der Waals surface area contributed by atoms with Crippen molar-refractivity contribution in [2.24, 2.45) is 0 Å². The number of sulfonamides is 1. The van der Waals surface area contributed by atoms with Crippen LogP contribution in [-0.2, 0) is 20.2 Å². The standard InChI is InChI=1S/C24H29FN2O4S/c1-18(28)19-6-5-7-22(16-19)32(30,31)27-15-12-23(29)26-17-24(13-3-2-4-14-24)20-8-10-21(25)11-9-20/h5-11,16,27H,2-4,12-15,17H2,1H3,(H,26,29). The van der Waals surface area contributed by atoms with Crippen LogP contribution in [0.3, 0.4) is 0 Å². The first kappa shape index (κ1) is 24.1. The molecule has 0 heterocycles. The third-order valence-corrected chi connectivity index (χ3v) is 7.54. The van der Waals surface area contributed by atoms with Crippen molar-refractivity contribution in [3.05, 3.63) is 65.5 Å². The van der Waals surface area contributed by atoms with Gasteiger partial charge in [-0.15, -0.1) is 0 Å². The van der Waals surface area contributed by atoms with E-state index in [-0.39, 0.29) is 40.8 Å². The van der Waals surface area contributed by atoms with Crippen molar-refractivity contribution in [1.82, 2.24) is 10.0 Å². The van der Waals surface area contributed by atoms with Crippen LogP contribution in [0.5, 0.6) is 0 Å². The van der Waals surface area contributed by atoms with Crippen LogP contribution in [0.15, 0.2) is 53.4 Å². The summed E-state index contributed by atoms with van der Waals surface area (Å²) >= 11 is 0. The zero-order valence-corrected chi connectivity index (χ0v) is 19.0. The van der Waals surface area contributed by atoms with Crippen LogP contribution in [0.25, 0.3) is 0 Å². The highest BCUT2D eigenvalue weighted by atomic mass is 32.2. The number of rotatable bonds is 9. The number of carbonyl (C=O) groups excluding carboxylic acids is 2. The van der Waals surface area contributed by atoms with Crippen LogP contribution >= 0.6 is 0 Å². The van der Waals surface area contributed by atoms with Crippen LogP contribution < -0.4 is 10.0 Å². The Morgan fingerprint density at radius 2 is 1.72 bits per heavy atom. The summed E-state index contributed by atoms with van der Waals surface area (Å²) in [6.45, 7) is 1.75. The van der Waals surface area contributed by atoms with Crippen LogP contribution in [0.4, 0.5) is 4.39 Å². The monoisotopic (exact) mass is 460 g/mol. The van der Waals surface area contributed by atoms with E-state index in [9.17, 15) is 22.4 Å². The zero-order chi connectivity index (χ0) is 23.2. The van der Waals surface area contributed by atoms with E-state index in [2.05, 4.69) is 10.0 Å². The van der Waals surface area contributed by atoms with Gasteiger partial charge in [0.15, 0.2) is 5.78 Å². The van der Waals surface area contributed by atoms with E-state index in [0.717, 1.165) is 37.7 Å². The number of halogens is 1. The Balaban J connectivity index is 1.56. The van der Waals surface area contributed by atoms with E-state index >= 15 is 0 Å². The summed E-state index contributed by atoms with van der Waals surface area (Å²) in [7, 11) is -3.82. The van der Waals surface area contributed by atoms with Crippen molar-refractivity contribution < 1.29 is 22.4 Å². The first-order chi connectivity index (χ1) is 15.2. The van der Waals surface area contributed by atoms with Crippen LogP contribution in [0.1, 0.15) is 61.4 Å². The lowest BCUT2D eigenvalue weighted by Gasteiger charge is -2.38. The highest BCUT2D eigenvalue weighted by Crippen LogP contribution is 2.39. The van der Waals surface area contributed by atoms with E-state index in [4.69, 9.17) is 0 Å². The van der Waals surface area contributed by atoms with Crippen LogP contribution in [0, 0.1) is 5.82 Å². The molecule has 0 bridgehead atoms. The van der Waals surface area contributed by atoms with E-state index < -0.39 is 10.0 Å². The molecule has 0 saturated heterocycles. The first-order valence-electron chi connectivity index (χ1n) is 10.9. The zero-order valence-electron chi connectivity index (χ0n) is 18.2. The normalized spacial score (nSPS) is 15.8. The van der Waals surface area contributed by atoms with Crippen molar-refractivity contribution in [2.75, 3.05) is 13.1 Å². The molecule has 172 valence electrons. The van der Waals surface area contributed by atoms with Crippen molar-refractivity contribution >= 4 is 21.7 Å². The Morgan fingerprint density at radius 3 is 2.38 bits per heavy atom. The second-order valence-electron chi connectivity index (χ2n) is 8.36. The minimum absolute atomic E-state index is 0.00880. The Labute approximate surface area is 188 Å². The summed E-state index contributed by atoms with van der Waals surface area (Å²) in [6, 6.07) is 12.3. The third-order valence-electron chi connectivity index (χ3n) is 6.09. The minimum Gasteiger partial charge on any atom is -0.355 e. The van der Waals surface area contributed by atoms with Gasteiger partial charge in [0.25, 0.3) is 0 Å². The van der Waals surface area contributed by atoms with Gasteiger partial charge in [-0.05, 0) is 49.6 Å². The van der Waals surface area contributed by atoms with Crippen LogP contribution in [-0.4, -0.2) is 33.2 Å². The van der Waals surface area contributed by atoms with E-state index in [1.165, 1.54) is 37.3 Å². The van der Waals surface area contributed by atoms with Gasteiger partial charge >= 0.3 is 0 Å². The SMILES string of the molecule is CC(=O)c1cccc(S(=O)(=O)NCCC(=O)NCC2(c3ccc(F)cc3)CCCCC2)c1. The number of nitrogens with one attached hydrogen (secondary N) is 2. The van der Waals surface area contributed by atoms with Gasteiger partial charge in [-0.25, -0.2) is 17.5 Å². The van der Waals surface area contributed by atoms with E-state index in [1.54, 1.807) is 18.2 Å². The molecule has 2 N–H and O–H groups in total. The molecule has 0 radical (unpaired) electrons. The van der Waals surface area contributed by atoms with Gasteiger partial charge in [-0.1, -0.05) is 43.5 Å². The van der Waals surface area contributed by atoms with Crippen LogP contribution in [0.2, 0.25) is 0 Å². The maximum absolute atomic E-state index is 13.4. The molecule has 0 spiro atoms. The van der Waals surface area contributed by atoms with E-state index in [1.807, 2.05) is 0 Å². The van der Waals surface area contributed by atoms with Gasteiger partial charge in [-0.2, -0.15) is 0 Å². The lowest BCUT2D eigenvalue weighted by atomic mass is 9.69. The van der Waals surface area contributed by atoms with Crippen molar-refractivity contribution in [3.8, 4) is 0 Å². The Morgan fingerprint density at radius 1 is 1.03 bits per heavy atom. The number of Topliss-reactive ketones (excluding diaryl/α,β-unsaturated/α-hetero) is 1. The molecular formula is C24H29FN2O4S. The van der Waals surface area contributed by atoms with Gasteiger partial charge < -0.3 is 5.32 Å². The van der Waals surface area contributed by atoms with Crippen molar-refractivity contribution in [3.63, 3.8) is 0 Å². The maximum Gasteiger partial charge on any atom is 0.240 e. The second-order valence-corrected chi connectivity index (χ2v) is 10.1. The predicted octanol–water partition coefficient (Wildman–Crippen LogP) is 3.72. The lowest BCUT2D eigenvalue weighted by molar-refractivity contribution is -0.121. The summed E-state index contributed by atoms with van der Waals surface area (Å²) in [4.78, 5) is 23.9. The molecule has 3 rings (SSSR count). The van der Waals surface area contributed by atoms with E-state index in [0.29, 0.717) is 12.1 Å². The largest absolute Gasteiger partial charge is 0.355 e. The molecular weight excluding hydrogens is 431 g/mol. The van der Waals surface area contributed by atoms with Crippen molar-refractivity contribution in [2.45, 2.75) is 55.8 Å². The summed E-state index contributed by atoms with van der Waals surface area (Å²) in [5.41, 5.74) is 1.10. The van der Waals surface area contributed by atoms with Gasteiger partial charge in [0.2, 0.25) is 15.9 Å². The average molecular weight is 461 g/mol. The number of amides is 1. The van der Waals surface area contributed by atoms with Gasteiger partial charge in [0.1, 0.15) is 5.82 Å². The third kappa shape index (κ3) is 6.01. The van der Waals surface area contributed by atoms with Gasteiger partial charge in [0, 0.05) is 30.5 Å². The summed E-state index contributed by atoms with van der Waals surface area (Å²) < 4.78 is 40.7. The minimum atomic E-state index is -3.82. The van der Waals surface area contributed by atoms with Gasteiger partial charge in [-0.3, -0.25) is 9.59 Å². The number of ketones is 1. The Bertz CT molecular complexity index is 1060. The molecule has 1 fully saturated rings. The molecule has 1 saturated carbocycles. The van der Waals surface area contributed by atoms with Gasteiger partial charge in [0.05, 0.1) is 4.90 Å². The topological polar surface area (TPSA) is 92.3 Å². The molecule has 1 aliphatic carbocycles. The molecule has 32 heavy (non-hydrogen) atoms. The fourth-order valence-electron chi connectivity index (χ4n) is 4.22. The molecule has 0 unspecified atom stereocenters. The molecule has 0 aliphatic heterocycles. The molecule has 1 amide bonds. The highest BCUT2D eigenvalue weighted by Gasteiger charge is 2.34. The fourth-order valence-corrected chi connectivity index (χ4v) is 5.30. The quantitative estimate of drug-likeness (QED) is 0.558. The molecule has 2 aromatic carbocycles. The lowest BCUT2D eigenvalue weighted by Crippen LogP contribution is -2.43. The Hall–Kier alpha value is -2.58. The smallest absolute Gasteiger partial charge is 0.240 e. The molecule has 0 atom stereocenters. The molecule has 0 aromatic heterocycles. The number of benzene rings is 2.